The Morgan fingerprint density at radius 2 is 1.45 bits per heavy atom. The maximum Gasteiger partial charge on any atom is 0.299 e. The van der Waals surface area contributed by atoms with Gasteiger partial charge in [-0.15, -0.1) is 0 Å². The monoisotopic (exact) mass is 467 g/mol. The summed E-state index contributed by atoms with van der Waals surface area (Å²) in [5.41, 5.74) is 1.81. The van der Waals surface area contributed by atoms with E-state index in [9.17, 15) is 20.2 Å². The van der Waals surface area contributed by atoms with Crippen molar-refractivity contribution >= 4 is 45.7 Å². The van der Waals surface area contributed by atoms with Gasteiger partial charge in [0, 0.05) is 49.6 Å². The molecule has 10 heteroatoms. The highest BCUT2D eigenvalue weighted by molar-refractivity contribution is 6.30. The second-order valence-corrected chi connectivity index (χ2v) is 8.13. The van der Waals surface area contributed by atoms with Gasteiger partial charge < -0.3 is 14.7 Å². The molecule has 33 heavy (non-hydrogen) atoms. The van der Waals surface area contributed by atoms with Crippen LogP contribution in [0.1, 0.15) is 0 Å². The van der Waals surface area contributed by atoms with E-state index in [4.69, 9.17) is 11.6 Å². The molecule has 170 valence electrons. The van der Waals surface area contributed by atoms with Crippen molar-refractivity contribution in [1.82, 2.24) is 0 Å². The van der Waals surface area contributed by atoms with Crippen molar-refractivity contribution in [3.8, 4) is 0 Å². The summed E-state index contributed by atoms with van der Waals surface area (Å²) in [5, 5.41) is 24.3. The van der Waals surface area contributed by atoms with E-state index in [1.165, 1.54) is 0 Å². The van der Waals surface area contributed by atoms with E-state index in [0.717, 1.165) is 17.4 Å². The van der Waals surface area contributed by atoms with Crippen molar-refractivity contribution in [3.63, 3.8) is 0 Å². The number of para-hydroxylation sites is 1. The first-order valence-corrected chi connectivity index (χ1v) is 10.7. The van der Waals surface area contributed by atoms with Crippen molar-refractivity contribution in [3.05, 3.63) is 92.0 Å². The zero-order valence-electron chi connectivity index (χ0n) is 17.9. The van der Waals surface area contributed by atoms with Gasteiger partial charge in [0.05, 0.1) is 15.9 Å². The van der Waals surface area contributed by atoms with E-state index in [2.05, 4.69) is 4.90 Å². The van der Waals surface area contributed by atoms with Crippen LogP contribution >= 0.6 is 11.6 Å². The van der Waals surface area contributed by atoms with Gasteiger partial charge in [-0.3, -0.25) is 20.2 Å². The lowest BCUT2D eigenvalue weighted by atomic mass is 10.1. The summed E-state index contributed by atoms with van der Waals surface area (Å²) in [4.78, 5) is 28.2. The third-order valence-corrected chi connectivity index (χ3v) is 6.00. The molecular weight excluding hydrogens is 446 g/mol. The summed E-state index contributed by atoms with van der Waals surface area (Å²) in [7, 11) is 1.71. The smallest absolute Gasteiger partial charge is 0.299 e. The van der Waals surface area contributed by atoms with Gasteiger partial charge in [-0.25, -0.2) is 0 Å². The topological polar surface area (TPSA) is 96.0 Å². The van der Waals surface area contributed by atoms with Crippen LogP contribution < -0.4 is 14.7 Å². The SMILES string of the molecule is CN(c1ccccc1)c1cc(N2CCN(c3cccc(Cl)c3)CC2)c([N+](=O)[O-])cc1[N+](=O)[O-]. The molecule has 9 nitrogen and oxygen atoms in total. The fourth-order valence-corrected chi connectivity index (χ4v) is 4.22. The molecule has 3 aromatic rings. The Balaban J connectivity index is 1.69. The summed E-state index contributed by atoms with van der Waals surface area (Å²) in [6.45, 7) is 2.33. The maximum atomic E-state index is 11.8. The number of anilines is 4. The molecule has 0 unspecified atom stereocenters. The summed E-state index contributed by atoms with van der Waals surface area (Å²) in [6, 6.07) is 19.4. The van der Waals surface area contributed by atoms with Crippen LogP contribution in [0.5, 0.6) is 0 Å². The minimum atomic E-state index is -0.581. The highest BCUT2D eigenvalue weighted by atomic mass is 35.5. The van der Waals surface area contributed by atoms with E-state index < -0.39 is 9.85 Å². The number of rotatable bonds is 6. The Kier molecular flexibility index (Phi) is 6.32. The number of nitro benzene ring substituents is 2. The predicted octanol–water partition coefficient (Wildman–Crippen LogP) is 5.25. The van der Waals surface area contributed by atoms with E-state index >= 15 is 0 Å². The molecule has 0 spiro atoms. The molecule has 0 amide bonds. The summed E-state index contributed by atoms with van der Waals surface area (Å²) in [6.07, 6.45) is 0. The van der Waals surface area contributed by atoms with Crippen LogP contribution in [0, 0.1) is 20.2 Å². The number of benzene rings is 3. The van der Waals surface area contributed by atoms with Crippen LogP contribution in [0.15, 0.2) is 66.7 Å². The van der Waals surface area contributed by atoms with Crippen LogP contribution in [0.25, 0.3) is 0 Å². The quantitative estimate of drug-likeness (QED) is 0.360. The van der Waals surface area contributed by atoms with Crippen molar-refractivity contribution in [2.75, 3.05) is 47.9 Å². The molecule has 0 N–H and O–H groups in total. The molecule has 1 saturated heterocycles. The van der Waals surface area contributed by atoms with Gasteiger partial charge in [0.15, 0.2) is 0 Å². The Morgan fingerprint density at radius 1 is 0.818 bits per heavy atom. The van der Waals surface area contributed by atoms with Crippen molar-refractivity contribution in [2.45, 2.75) is 0 Å². The van der Waals surface area contributed by atoms with Crippen LogP contribution in [-0.2, 0) is 0 Å². The van der Waals surface area contributed by atoms with Gasteiger partial charge >= 0.3 is 0 Å². The van der Waals surface area contributed by atoms with Crippen molar-refractivity contribution in [2.24, 2.45) is 0 Å². The fourth-order valence-electron chi connectivity index (χ4n) is 4.04. The average molecular weight is 468 g/mol. The third-order valence-electron chi connectivity index (χ3n) is 5.76. The lowest BCUT2D eigenvalue weighted by molar-refractivity contribution is -0.393. The van der Waals surface area contributed by atoms with Crippen LogP contribution in [0.3, 0.4) is 0 Å². The number of nitrogens with zero attached hydrogens (tertiary/aromatic N) is 5. The largest absolute Gasteiger partial charge is 0.368 e. The number of nitro groups is 2. The van der Waals surface area contributed by atoms with E-state index in [-0.39, 0.29) is 11.4 Å². The van der Waals surface area contributed by atoms with Gasteiger partial charge in [0.1, 0.15) is 11.4 Å². The number of hydrogen-bond donors (Lipinski definition) is 0. The van der Waals surface area contributed by atoms with Crippen LogP contribution in [-0.4, -0.2) is 43.1 Å². The van der Waals surface area contributed by atoms with Gasteiger partial charge in [0.2, 0.25) is 0 Å². The minimum Gasteiger partial charge on any atom is -0.368 e. The molecule has 3 aromatic carbocycles. The summed E-state index contributed by atoms with van der Waals surface area (Å²) < 4.78 is 0. The van der Waals surface area contributed by atoms with Gasteiger partial charge in [0.25, 0.3) is 11.4 Å². The molecule has 0 aromatic heterocycles. The molecule has 1 fully saturated rings. The first-order chi connectivity index (χ1) is 15.8. The highest BCUT2D eigenvalue weighted by Gasteiger charge is 2.31. The Labute approximate surface area is 195 Å². The lowest BCUT2D eigenvalue weighted by Crippen LogP contribution is -2.46. The molecular formula is C23H22ClN5O4. The summed E-state index contributed by atoms with van der Waals surface area (Å²) >= 11 is 6.11. The molecule has 1 aliphatic heterocycles. The Bertz CT molecular complexity index is 1180. The molecule has 0 atom stereocenters. The average Bonchev–Trinajstić information content (AvgIpc) is 2.83. The second-order valence-electron chi connectivity index (χ2n) is 7.69. The zero-order chi connectivity index (χ0) is 23.5. The number of piperazine rings is 1. The van der Waals surface area contributed by atoms with E-state index in [1.54, 1.807) is 18.0 Å². The van der Waals surface area contributed by atoms with E-state index in [1.807, 2.05) is 59.5 Å². The normalized spacial score (nSPS) is 13.6. The molecule has 0 bridgehead atoms. The Hall–Kier alpha value is -3.85. The van der Waals surface area contributed by atoms with Crippen molar-refractivity contribution < 1.29 is 9.85 Å². The molecule has 0 aliphatic carbocycles. The fraction of sp³-hybridized carbons (Fsp3) is 0.217. The number of hydrogen-bond acceptors (Lipinski definition) is 7. The molecule has 0 saturated carbocycles. The van der Waals surface area contributed by atoms with Crippen LogP contribution in [0.2, 0.25) is 5.02 Å². The maximum absolute atomic E-state index is 11.8. The third kappa shape index (κ3) is 4.68. The first-order valence-electron chi connectivity index (χ1n) is 10.4. The Morgan fingerprint density at radius 3 is 2.06 bits per heavy atom. The zero-order valence-corrected chi connectivity index (χ0v) is 18.7. The van der Waals surface area contributed by atoms with Gasteiger partial charge in [-0.1, -0.05) is 35.9 Å². The van der Waals surface area contributed by atoms with Crippen molar-refractivity contribution in [1.29, 1.82) is 0 Å². The van der Waals surface area contributed by atoms with E-state index in [0.29, 0.717) is 42.6 Å². The number of halogens is 1. The van der Waals surface area contributed by atoms with Crippen LogP contribution in [0.4, 0.5) is 34.1 Å². The molecule has 0 radical (unpaired) electrons. The highest BCUT2D eigenvalue weighted by Crippen LogP contribution is 2.42. The molecule has 4 rings (SSSR count). The first kappa shape index (κ1) is 22.3. The predicted molar refractivity (Wildman–Crippen MR) is 130 cm³/mol. The minimum absolute atomic E-state index is 0.275. The second kappa shape index (κ2) is 9.33. The lowest BCUT2D eigenvalue weighted by Gasteiger charge is -2.37. The van der Waals surface area contributed by atoms with Gasteiger partial charge in [-0.05, 0) is 36.4 Å². The summed E-state index contributed by atoms with van der Waals surface area (Å²) in [5.74, 6) is 0. The molecule has 1 aliphatic rings. The molecule has 1 heterocycles. The standard InChI is InChI=1S/C23H22ClN5O4/c1-25(18-7-3-2-4-8-18)20-15-21(23(29(32)33)16-22(20)28(30)31)27-12-10-26(11-13-27)19-9-5-6-17(24)14-19/h2-9,14-16H,10-13H2,1H3. The van der Waals surface area contributed by atoms with Gasteiger partial charge in [-0.2, -0.15) is 0 Å².